The summed E-state index contributed by atoms with van der Waals surface area (Å²) in [5.41, 5.74) is 4.95. The van der Waals surface area contributed by atoms with Crippen molar-refractivity contribution in [2.75, 3.05) is 26.2 Å². The summed E-state index contributed by atoms with van der Waals surface area (Å²) >= 11 is 7.65. The van der Waals surface area contributed by atoms with Gasteiger partial charge in [0.15, 0.2) is 0 Å². The minimum atomic E-state index is -0.204. The Labute approximate surface area is 219 Å². The van der Waals surface area contributed by atoms with E-state index in [1.807, 2.05) is 31.2 Å². The quantitative estimate of drug-likeness (QED) is 0.277. The minimum absolute atomic E-state index is 0.204. The van der Waals surface area contributed by atoms with E-state index in [0.29, 0.717) is 12.6 Å². The number of hydrogen-bond donors (Lipinski definition) is 2. The molecular weight excluding hydrogens is 478 g/mol. The monoisotopic (exact) mass is 513 g/mol. The van der Waals surface area contributed by atoms with Gasteiger partial charge >= 0.3 is 6.09 Å². The molecule has 1 aliphatic heterocycles. The lowest BCUT2D eigenvalue weighted by Gasteiger charge is -2.31. The van der Waals surface area contributed by atoms with Crippen LogP contribution in [0.3, 0.4) is 0 Å². The van der Waals surface area contributed by atoms with E-state index in [2.05, 4.69) is 60.3 Å². The van der Waals surface area contributed by atoms with Crippen LogP contribution in [0, 0.1) is 6.92 Å². The number of halogens is 1. The molecule has 0 radical (unpaired) electrons. The number of carbonyl (C=O) groups excluding carboxylic acids is 1. The zero-order valence-corrected chi connectivity index (χ0v) is 22.4. The van der Waals surface area contributed by atoms with Crippen LogP contribution in [-0.2, 0) is 11.3 Å². The maximum absolute atomic E-state index is 12.0. The summed E-state index contributed by atoms with van der Waals surface area (Å²) in [5, 5.41) is 4.25. The van der Waals surface area contributed by atoms with Gasteiger partial charge in [-0.05, 0) is 80.5 Å². The normalized spacial score (nSPS) is 15.4. The molecule has 1 saturated heterocycles. The van der Waals surface area contributed by atoms with Gasteiger partial charge in [0, 0.05) is 42.1 Å². The molecule has 1 aliphatic rings. The Hall–Kier alpha value is -2.25. The largest absolute Gasteiger partial charge is 0.450 e. The van der Waals surface area contributed by atoms with E-state index in [9.17, 15) is 4.79 Å². The Morgan fingerprint density at radius 3 is 2.54 bits per heavy atom. The maximum atomic E-state index is 12.0. The van der Waals surface area contributed by atoms with Crippen molar-refractivity contribution >= 4 is 34.5 Å². The number of likely N-dealkylation sites (tertiary alicyclic amines) is 1. The molecule has 7 heteroatoms. The Kier molecular flexibility index (Phi) is 11.2. The SMILES string of the molecule is CCOC(=O)N1CCC(NS/C(=C/C=C(\C)CNCc2ccc(Cl)cc2)c2ccccc2C)CC1. The third kappa shape index (κ3) is 9.04. The number of rotatable bonds is 10. The molecule has 3 rings (SSSR count). The van der Waals surface area contributed by atoms with Crippen LogP contribution >= 0.6 is 23.5 Å². The van der Waals surface area contributed by atoms with E-state index in [1.165, 1.54) is 27.2 Å². The van der Waals surface area contributed by atoms with E-state index in [1.54, 1.807) is 16.8 Å². The Morgan fingerprint density at radius 2 is 1.86 bits per heavy atom. The summed E-state index contributed by atoms with van der Waals surface area (Å²) in [4.78, 5) is 15.0. The number of nitrogens with one attached hydrogen (secondary N) is 2. The summed E-state index contributed by atoms with van der Waals surface area (Å²) in [6.07, 6.45) is 6.01. The van der Waals surface area contributed by atoms with Gasteiger partial charge in [-0.15, -0.1) is 0 Å². The third-order valence-electron chi connectivity index (χ3n) is 5.93. The van der Waals surface area contributed by atoms with E-state index < -0.39 is 0 Å². The Morgan fingerprint density at radius 1 is 1.14 bits per heavy atom. The fourth-order valence-corrected chi connectivity index (χ4v) is 4.98. The van der Waals surface area contributed by atoms with Crippen molar-refractivity contribution in [1.82, 2.24) is 14.9 Å². The molecular formula is C28H36ClN3O2S. The molecule has 5 nitrogen and oxygen atoms in total. The number of nitrogens with zero attached hydrogens (tertiary/aromatic N) is 1. The maximum Gasteiger partial charge on any atom is 0.409 e. The van der Waals surface area contributed by atoms with Crippen LogP contribution < -0.4 is 10.0 Å². The molecule has 0 saturated carbocycles. The van der Waals surface area contributed by atoms with E-state index in [4.69, 9.17) is 16.3 Å². The van der Waals surface area contributed by atoms with E-state index in [0.717, 1.165) is 44.0 Å². The number of amides is 1. The number of aryl methyl sites for hydroxylation is 1. The van der Waals surface area contributed by atoms with Crippen molar-refractivity contribution in [2.45, 2.75) is 46.2 Å². The van der Waals surface area contributed by atoms with E-state index >= 15 is 0 Å². The highest BCUT2D eigenvalue weighted by Gasteiger charge is 2.23. The zero-order valence-electron chi connectivity index (χ0n) is 20.9. The average molecular weight is 514 g/mol. The molecule has 0 spiro atoms. The van der Waals surface area contributed by atoms with Gasteiger partial charge in [0.05, 0.1) is 6.61 Å². The Balaban J connectivity index is 1.58. The fourth-order valence-electron chi connectivity index (χ4n) is 3.85. The second-order valence-electron chi connectivity index (χ2n) is 8.77. The predicted octanol–water partition coefficient (Wildman–Crippen LogP) is 6.58. The number of carbonyl (C=O) groups is 1. The smallest absolute Gasteiger partial charge is 0.409 e. The molecule has 1 amide bonds. The van der Waals surface area contributed by atoms with Crippen molar-refractivity contribution < 1.29 is 9.53 Å². The van der Waals surface area contributed by atoms with Crippen LogP contribution in [0.1, 0.15) is 43.4 Å². The topological polar surface area (TPSA) is 53.6 Å². The molecule has 2 N–H and O–H groups in total. The molecule has 0 atom stereocenters. The predicted molar refractivity (Wildman–Crippen MR) is 148 cm³/mol. The zero-order chi connectivity index (χ0) is 25.0. The van der Waals surface area contributed by atoms with Gasteiger partial charge in [-0.3, -0.25) is 4.72 Å². The van der Waals surface area contributed by atoms with E-state index in [-0.39, 0.29) is 6.09 Å². The number of benzene rings is 2. The first-order valence-electron chi connectivity index (χ1n) is 12.2. The number of hydrogen-bond acceptors (Lipinski definition) is 5. The average Bonchev–Trinajstić information content (AvgIpc) is 2.86. The molecule has 1 heterocycles. The molecule has 0 bridgehead atoms. The molecule has 1 fully saturated rings. The lowest BCUT2D eigenvalue weighted by atomic mass is 10.1. The second kappa shape index (κ2) is 14.3. The Bertz CT molecular complexity index is 1020. The lowest BCUT2D eigenvalue weighted by molar-refractivity contribution is 0.0967. The van der Waals surface area contributed by atoms with Gasteiger partial charge in [-0.2, -0.15) is 0 Å². The van der Waals surface area contributed by atoms with Crippen LogP contribution in [-0.4, -0.2) is 43.3 Å². The molecule has 188 valence electrons. The highest BCUT2D eigenvalue weighted by molar-refractivity contribution is 8.06. The first-order chi connectivity index (χ1) is 17.0. The standard InChI is InChI=1S/C28H36ClN3O2S/c1-4-34-28(33)32-17-15-25(16-18-32)31-35-27(26-8-6-5-7-22(26)3)14-9-21(2)19-30-20-23-10-12-24(29)13-11-23/h5-14,25,30-31H,4,15-20H2,1-3H3/b21-9+,27-14+. The summed E-state index contributed by atoms with van der Waals surface area (Å²) in [6, 6.07) is 16.7. The molecule has 0 aromatic heterocycles. The van der Waals surface area contributed by atoms with Crippen molar-refractivity contribution in [2.24, 2.45) is 0 Å². The van der Waals surface area contributed by atoms with Gasteiger partial charge < -0.3 is 15.0 Å². The molecule has 2 aromatic rings. The summed E-state index contributed by atoms with van der Waals surface area (Å²) in [5.74, 6) is 0. The third-order valence-corrected chi connectivity index (χ3v) is 7.21. The first-order valence-corrected chi connectivity index (χ1v) is 13.4. The number of piperidine rings is 1. The van der Waals surface area contributed by atoms with Gasteiger partial charge in [-0.1, -0.05) is 59.6 Å². The molecule has 35 heavy (non-hydrogen) atoms. The van der Waals surface area contributed by atoms with Gasteiger partial charge in [-0.25, -0.2) is 4.79 Å². The number of ether oxygens (including phenoxy) is 1. The first kappa shape index (κ1) is 27.3. The van der Waals surface area contributed by atoms with Crippen LogP contribution in [0.5, 0.6) is 0 Å². The van der Waals surface area contributed by atoms with Gasteiger partial charge in [0.1, 0.15) is 0 Å². The molecule has 0 unspecified atom stereocenters. The van der Waals surface area contributed by atoms with Gasteiger partial charge in [0.2, 0.25) is 0 Å². The van der Waals surface area contributed by atoms with Crippen molar-refractivity contribution in [3.63, 3.8) is 0 Å². The second-order valence-corrected chi connectivity index (χ2v) is 10.1. The van der Waals surface area contributed by atoms with Crippen LogP contribution in [0.4, 0.5) is 4.79 Å². The van der Waals surface area contributed by atoms with Crippen molar-refractivity contribution in [3.05, 3.63) is 88.0 Å². The van der Waals surface area contributed by atoms with Crippen LogP contribution in [0.25, 0.3) is 4.91 Å². The highest BCUT2D eigenvalue weighted by Crippen LogP contribution is 2.29. The van der Waals surface area contributed by atoms with Crippen LogP contribution in [0.2, 0.25) is 5.02 Å². The molecule has 0 aliphatic carbocycles. The fraction of sp³-hybridized carbons (Fsp3) is 0.393. The highest BCUT2D eigenvalue weighted by atomic mass is 35.5. The summed E-state index contributed by atoms with van der Waals surface area (Å²) in [6.45, 7) is 9.60. The van der Waals surface area contributed by atoms with Gasteiger partial charge in [0.25, 0.3) is 0 Å². The molecule has 2 aromatic carbocycles. The minimum Gasteiger partial charge on any atom is -0.450 e. The van der Waals surface area contributed by atoms with Crippen molar-refractivity contribution in [3.8, 4) is 0 Å². The summed E-state index contributed by atoms with van der Waals surface area (Å²) < 4.78 is 8.78. The van der Waals surface area contributed by atoms with Crippen LogP contribution in [0.15, 0.2) is 66.3 Å². The number of allylic oxidation sites excluding steroid dienone is 2. The summed E-state index contributed by atoms with van der Waals surface area (Å²) in [7, 11) is 0. The lowest BCUT2D eigenvalue weighted by Crippen LogP contribution is -2.43. The van der Waals surface area contributed by atoms with Crippen molar-refractivity contribution in [1.29, 1.82) is 0 Å².